The summed E-state index contributed by atoms with van der Waals surface area (Å²) in [7, 11) is 0. The number of carbonyl (C=O) groups excluding carboxylic acids is 2. The van der Waals surface area contributed by atoms with Crippen LogP contribution >= 0.6 is 0 Å². The van der Waals surface area contributed by atoms with Crippen LogP contribution in [0.5, 0.6) is 0 Å². The van der Waals surface area contributed by atoms with Crippen LogP contribution in [0.2, 0.25) is 0 Å². The molecule has 0 aromatic carbocycles. The number of amides is 2. The van der Waals surface area contributed by atoms with Gasteiger partial charge in [0.1, 0.15) is 0 Å². The van der Waals surface area contributed by atoms with E-state index in [-0.39, 0.29) is 17.9 Å². The third kappa shape index (κ3) is 3.87. The van der Waals surface area contributed by atoms with Crippen LogP contribution in [0, 0.1) is 0 Å². The number of aryl methyl sites for hydroxylation is 1. The van der Waals surface area contributed by atoms with Gasteiger partial charge in [0.15, 0.2) is 0 Å². The molecule has 132 valence electrons. The lowest BCUT2D eigenvalue weighted by Crippen LogP contribution is -2.30. The highest BCUT2D eigenvalue weighted by Gasteiger charge is 2.32. The van der Waals surface area contributed by atoms with Crippen LogP contribution in [0.25, 0.3) is 0 Å². The zero-order chi connectivity index (χ0) is 17.8. The smallest absolute Gasteiger partial charge is 0.257 e. The zero-order valence-corrected chi connectivity index (χ0v) is 14.6. The number of hydrogen-bond acceptors (Lipinski definition) is 4. The van der Waals surface area contributed by atoms with Gasteiger partial charge in [0.2, 0.25) is 5.91 Å². The van der Waals surface area contributed by atoms with Crippen molar-refractivity contribution in [3.8, 4) is 0 Å². The van der Waals surface area contributed by atoms with Crippen molar-refractivity contribution in [2.75, 3.05) is 6.54 Å². The predicted octanol–water partition coefficient (Wildman–Crippen LogP) is 1.91. The highest BCUT2D eigenvalue weighted by Crippen LogP contribution is 2.32. The average molecular weight is 341 g/mol. The number of aromatic nitrogens is 3. The van der Waals surface area contributed by atoms with E-state index < -0.39 is 0 Å². The Labute approximate surface area is 147 Å². The van der Waals surface area contributed by atoms with Crippen molar-refractivity contribution in [3.05, 3.63) is 47.5 Å². The quantitative estimate of drug-likeness (QED) is 0.901. The summed E-state index contributed by atoms with van der Waals surface area (Å²) in [5.74, 6) is -0.0596. The van der Waals surface area contributed by atoms with Crippen LogP contribution in [-0.2, 0) is 17.9 Å². The van der Waals surface area contributed by atoms with Gasteiger partial charge < -0.3 is 10.2 Å². The van der Waals surface area contributed by atoms with E-state index in [0.29, 0.717) is 12.1 Å². The summed E-state index contributed by atoms with van der Waals surface area (Å²) in [4.78, 5) is 30.2. The van der Waals surface area contributed by atoms with Crippen LogP contribution in [0.3, 0.4) is 0 Å². The molecule has 3 heterocycles. The number of hydrogen-bond donors (Lipinski definition) is 1. The highest BCUT2D eigenvalue weighted by molar-refractivity contribution is 5.94. The van der Waals surface area contributed by atoms with Crippen LogP contribution in [0.4, 0.5) is 0 Å². The molecular formula is C18H23N5O2. The summed E-state index contributed by atoms with van der Waals surface area (Å²) >= 11 is 0. The Hall–Kier alpha value is -2.70. The first-order valence-corrected chi connectivity index (χ1v) is 8.61. The van der Waals surface area contributed by atoms with Crippen LogP contribution in [-0.4, -0.2) is 38.0 Å². The molecule has 1 fully saturated rings. The van der Waals surface area contributed by atoms with Crippen LogP contribution < -0.4 is 5.32 Å². The lowest BCUT2D eigenvalue weighted by molar-refractivity contribution is -0.119. The topological polar surface area (TPSA) is 80.1 Å². The van der Waals surface area contributed by atoms with Gasteiger partial charge in [-0.05, 0) is 31.4 Å². The standard InChI is InChI=1S/C18H23N5O2/c1-3-22-12-15(11-21-22)18(25)23-8-4-5-17(23)16-7-6-14(10-20-16)9-19-13(2)24/h6-7,10-12,17H,3-5,8-9H2,1-2H3,(H,19,24)/t17-/m0/s1. The molecule has 1 aliphatic heterocycles. The molecule has 7 nitrogen and oxygen atoms in total. The molecule has 0 saturated carbocycles. The molecule has 2 aromatic heterocycles. The summed E-state index contributed by atoms with van der Waals surface area (Å²) in [5.41, 5.74) is 2.45. The van der Waals surface area contributed by atoms with Crippen LogP contribution in [0.1, 0.15) is 54.3 Å². The normalized spacial score (nSPS) is 16.9. The molecule has 1 saturated heterocycles. The summed E-state index contributed by atoms with van der Waals surface area (Å²) in [6.45, 7) is 5.42. The molecule has 0 radical (unpaired) electrons. The average Bonchev–Trinajstić information content (AvgIpc) is 3.29. The van der Waals surface area contributed by atoms with E-state index in [9.17, 15) is 9.59 Å². The minimum absolute atomic E-state index is 0.00585. The maximum absolute atomic E-state index is 12.8. The summed E-state index contributed by atoms with van der Waals surface area (Å²) in [5, 5.41) is 6.94. The van der Waals surface area contributed by atoms with Crippen LogP contribution in [0.15, 0.2) is 30.7 Å². The molecule has 0 aliphatic carbocycles. The van der Waals surface area contributed by atoms with Gasteiger partial charge in [0.25, 0.3) is 5.91 Å². The van der Waals surface area contributed by atoms with Crippen molar-refractivity contribution in [2.45, 2.75) is 45.8 Å². The maximum atomic E-state index is 12.8. The lowest BCUT2D eigenvalue weighted by Gasteiger charge is -2.24. The van der Waals surface area contributed by atoms with Crippen molar-refractivity contribution < 1.29 is 9.59 Å². The van der Waals surface area contributed by atoms with Gasteiger partial charge in [-0.1, -0.05) is 6.07 Å². The van der Waals surface area contributed by atoms with Gasteiger partial charge in [-0.3, -0.25) is 19.3 Å². The first-order valence-electron chi connectivity index (χ1n) is 8.61. The van der Waals surface area contributed by atoms with Gasteiger partial charge in [-0.15, -0.1) is 0 Å². The first-order chi connectivity index (χ1) is 12.1. The predicted molar refractivity (Wildman–Crippen MR) is 92.7 cm³/mol. The largest absolute Gasteiger partial charge is 0.352 e. The van der Waals surface area contributed by atoms with E-state index in [1.54, 1.807) is 23.3 Å². The van der Waals surface area contributed by atoms with E-state index in [1.807, 2.05) is 24.0 Å². The Morgan fingerprint density at radius 3 is 2.80 bits per heavy atom. The summed E-state index contributed by atoms with van der Waals surface area (Å²) in [6.07, 6.45) is 7.06. The van der Waals surface area contributed by atoms with E-state index >= 15 is 0 Å². The molecule has 1 aliphatic rings. The Bertz CT molecular complexity index is 753. The fourth-order valence-corrected chi connectivity index (χ4v) is 3.09. The molecule has 0 spiro atoms. The zero-order valence-electron chi connectivity index (χ0n) is 14.6. The lowest BCUT2D eigenvalue weighted by atomic mass is 10.1. The van der Waals surface area contributed by atoms with E-state index in [2.05, 4.69) is 15.4 Å². The van der Waals surface area contributed by atoms with Crippen molar-refractivity contribution >= 4 is 11.8 Å². The van der Waals surface area contributed by atoms with Gasteiger partial charge in [-0.2, -0.15) is 5.10 Å². The Kier molecular flexibility index (Phi) is 5.11. The minimum atomic E-state index is -0.0655. The molecule has 0 unspecified atom stereocenters. The first kappa shape index (κ1) is 17.1. The van der Waals surface area contributed by atoms with Crippen molar-refractivity contribution in [1.82, 2.24) is 25.0 Å². The molecular weight excluding hydrogens is 318 g/mol. The molecule has 1 atom stereocenters. The minimum Gasteiger partial charge on any atom is -0.352 e. The SMILES string of the molecule is CCn1cc(C(=O)N2CCC[C@H]2c2ccc(CNC(C)=O)cn2)cn1. The van der Waals surface area contributed by atoms with Crippen molar-refractivity contribution in [1.29, 1.82) is 0 Å². The Morgan fingerprint density at radius 1 is 1.32 bits per heavy atom. The second kappa shape index (κ2) is 7.46. The third-order valence-electron chi connectivity index (χ3n) is 4.45. The van der Waals surface area contributed by atoms with Gasteiger partial charge in [0.05, 0.1) is 23.5 Å². The number of nitrogens with one attached hydrogen (secondary N) is 1. The molecule has 3 rings (SSSR count). The number of likely N-dealkylation sites (tertiary alicyclic amines) is 1. The van der Waals surface area contributed by atoms with E-state index in [0.717, 1.165) is 37.2 Å². The highest BCUT2D eigenvalue weighted by atomic mass is 16.2. The second-order valence-corrected chi connectivity index (χ2v) is 6.24. The van der Waals surface area contributed by atoms with Gasteiger partial charge >= 0.3 is 0 Å². The van der Waals surface area contributed by atoms with Crippen molar-refractivity contribution in [2.24, 2.45) is 0 Å². The molecule has 2 amide bonds. The molecule has 25 heavy (non-hydrogen) atoms. The summed E-state index contributed by atoms with van der Waals surface area (Å²) in [6, 6.07) is 3.89. The molecule has 2 aromatic rings. The molecule has 0 bridgehead atoms. The number of pyridine rings is 1. The monoisotopic (exact) mass is 341 g/mol. The molecule has 7 heteroatoms. The molecule has 1 N–H and O–H groups in total. The van der Waals surface area contributed by atoms with Gasteiger partial charge in [-0.25, -0.2) is 0 Å². The van der Waals surface area contributed by atoms with Crippen molar-refractivity contribution in [3.63, 3.8) is 0 Å². The second-order valence-electron chi connectivity index (χ2n) is 6.24. The maximum Gasteiger partial charge on any atom is 0.257 e. The number of nitrogens with zero attached hydrogens (tertiary/aromatic N) is 4. The van der Waals surface area contributed by atoms with Gasteiger partial charge in [0, 0.05) is 39.0 Å². The fourth-order valence-electron chi connectivity index (χ4n) is 3.09. The summed E-state index contributed by atoms with van der Waals surface area (Å²) < 4.78 is 1.76. The number of carbonyl (C=O) groups is 2. The Balaban J connectivity index is 1.72. The Morgan fingerprint density at radius 2 is 2.16 bits per heavy atom. The van der Waals surface area contributed by atoms with E-state index in [4.69, 9.17) is 0 Å². The number of rotatable bonds is 5. The van der Waals surface area contributed by atoms with E-state index in [1.165, 1.54) is 6.92 Å². The third-order valence-corrected chi connectivity index (χ3v) is 4.45. The fraction of sp³-hybridized carbons (Fsp3) is 0.444.